The molecule has 4 aromatic carbocycles. The molecule has 0 radical (unpaired) electrons. The number of alkyl halides is 12. The third-order valence-electron chi connectivity index (χ3n) is 8.35. The van der Waals surface area contributed by atoms with Crippen LogP contribution >= 0.6 is 14.7 Å². The van der Waals surface area contributed by atoms with Gasteiger partial charge in [-0.25, -0.2) is 0 Å². The predicted molar refractivity (Wildman–Crippen MR) is 168 cm³/mol. The second-order valence-electron chi connectivity index (χ2n) is 11.9. The fraction of sp³-hybridized carbons (Fsp3) is 0.294. The molecule has 2 atom stereocenters. The summed E-state index contributed by atoms with van der Waals surface area (Å²) in [4.78, 5) is 0. The molecule has 5 rings (SSSR count). The fourth-order valence-electron chi connectivity index (χ4n) is 5.61. The Morgan fingerprint density at radius 3 is 0.750 bits per heavy atom. The molecule has 0 heterocycles. The molecule has 4 nitrogen and oxygen atoms in total. The van der Waals surface area contributed by atoms with Crippen LogP contribution in [0.15, 0.2) is 97.1 Å². The Balaban J connectivity index is 1.58. The van der Waals surface area contributed by atoms with Gasteiger partial charge in [-0.3, -0.25) is 9.13 Å². The Morgan fingerprint density at radius 1 is 0.385 bits per heavy atom. The van der Waals surface area contributed by atoms with Gasteiger partial charge in [-0.2, -0.15) is 52.7 Å². The fourth-order valence-corrected chi connectivity index (χ4v) is 10.1. The monoisotopic (exact) mass is 788 g/mol. The smallest absolute Gasteiger partial charge is 0.316 e. The van der Waals surface area contributed by atoms with Gasteiger partial charge in [-0.1, -0.05) is 12.8 Å². The molecule has 0 spiro atoms. The second-order valence-corrected chi connectivity index (χ2v) is 16.5. The van der Waals surface area contributed by atoms with Crippen LogP contribution in [0.25, 0.3) is 0 Å². The molecule has 1 aliphatic rings. The summed E-state index contributed by atoms with van der Waals surface area (Å²) in [5, 5.41) is -1.34. The van der Waals surface area contributed by atoms with Crippen LogP contribution in [0.1, 0.15) is 47.9 Å². The van der Waals surface area contributed by atoms with E-state index in [1.54, 1.807) is 0 Å². The summed E-state index contributed by atoms with van der Waals surface area (Å²) in [5.74, 6) is 0. The zero-order valence-corrected chi connectivity index (χ0v) is 28.1. The molecular formula is C34H26F12O4P2. The van der Waals surface area contributed by atoms with Crippen LogP contribution in [0.2, 0.25) is 0 Å². The summed E-state index contributed by atoms with van der Waals surface area (Å²) < 4.78 is 202. The van der Waals surface area contributed by atoms with E-state index in [2.05, 4.69) is 0 Å². The van der Waals surface area contributed by atoms with Crippen LogP contribution in [0, 0.1) is 0 Å². The maximum Gasteiger partial charge on any atom is 0.416 e. The zero-order chi connectivity index (χ0) is 38.3. The third-order valence-corrected chi connectivity index (χ3v) is 13.4. The van der Waals surface area contributed by atoms with Gasteiger partial charge in [0.25, 0.3) is 14.7 Å². The summed E-state index contributed by atoms with van der Waals surface area (Å²) in [6.07, 6.45) is -21.1. The zero-order valence-electron chi connectivity index (χ0n) is 26.3. The summed E-state index contributed by atoms with van der Waals surface area (Å²) in [7, 11) is -9.18. The molecule has 4 aromatic rings. The van der Waals surface area contributed by atoms with E-state index in [0.29, 0.717) is 61.4 Å². The van der Waals surface area contributed by atoms with E-state index in [0.717, 1.165) is 48.5 Å². The van der Waals surface area contributed by atoms with Crippen molar-refractivity contribution in [1.29, 1.82) is 0 Å². The van der Waals surface area contributed by atoms with Crippen molar-refractivity contribution >= 4 is 36.0 Å². The lowest BCUT2D eigenvalue weighted by molar-refractivity contribution is -0.138. The van der Waals surface area contributed by atoms with Crippen molar-refractivity contribution in [3.63, 3.8) is 0 Å². The lowest BCUT2D eigenvalue weighted by Gasteiger charge is -2.36. The molecule has 0 unspecified atom stereocenters. The van der Waals surface area contributed by atoms with Crippen molar-refractivity contribution in [2.24, 2.45) is 0 Å². The molecule has 1 fully saturated rings. The van der Waals surface area contributed by atoms with Gasteiger partial charge in [0.1, 0.15) is 0 Å². The summed E-state index contributed by atoms with van der Waals surface area (Å²) >= 11 is 0. The van der Waals surface area contributed by atoms with Crippen LogP contribution < -0.4 is 21.2 Å². The highest BCUT2D eigenvalue weighted by Gasteiger charge is 2.43. The molecule has 0 N–H and O–H groups in total. The van der Waals surface area contributed by atoms with Crippen LogP contribution in [0.3, 0.4) is 0 Å². The van der Waals surface area contributed by atoms with Crippen molar-refractivity contribution in [3.05, 3.63) is 119 Å². The maximum absolute atomic E-state index is 14.8. The predicted octanol–water partition coefficient (Wildman–Crippen LogP) is 10.3. The van der Waals surface area contributed by atoms with Crippen molar-refractivity contribution in [3.8, 4) is 0 Å². The van der Waals surface area contributed by atoms with Crippen LogP contribution in [0.4, 0.5) is 52.7 Å². The molecular weight excluding hydrogens is 762 g/mol. The number of halogens is 12. The molecule has 280 valence electrons. The standard InChI is InChI=1S/C34H26F12O4P2/c35-31(36,37)21-5-13-25(14-6-21)51(47,26-15-7-22(8-16-26)32(38,39)40)49-29-3-1-2-4-30(29)50-52(48,27-17-9-23(10-18-27)33(41,42)43)28-19-11-24(12-20-28)34(44,45)46/h5-20,29-30H,1-4H2/t29-,30-/m0/s1. The molecule has 18 heteroatoms. The van der Waals surface area contributed by atoms with E-state index in [4.69, 9.17) is 9.05 Å². The Morgan fingerprint density at radius 2 is 0.577 bits per heavy atom. The number of benzene rings is 4. The number of hydrogen-bond acceptors (Lipinski definition) is 4. The minimum absolute atomic E-state index is 0.00987. The molecule has 1 aliphatic carbocycles. The highest BCUT2D eigenvalue weighted by molar-refractivity contribution is 7.74. The van der Waals surface area contributed by atoms with Crippen LogP contribution in [-0.4, -0.2) is 12.2 Å². The van der Waals surface area contributed by atoms with Gasteiger partial charge < -0.3 is 9.05 Å². The normalized spacial score (nSPS) is 18.0. The summed E-state index contributed by atoms with van der Waals surface area (Å²) in [6.45, 7) is 0. The topological polar surface area (TPSA) is 52.6 Å². The molecule has 0 amide bonds. The van der Waals surface area contributed by atoms with Gasteiger partial charge in [-0.05, 0) is 110 Å². The molecule has 0 aromatic heterocycles. The number of hydrogen-bond donors (Lipinski definition) is 0. The maximum atomic E-state index is 14.8. The third kappa shape index (κ3) is 8.62. The van der Waals surface area contributed by atoms with E-state index in [1.807, 2.05) is 0 Å². The van der Waals surface area contributed by atoms with E-state index >= 15 is 0 Å². The average molecular weight is 789 g/mol. The average Bonchev–Trinajstić information content (AvgIpc) is 3.08. The largest absolute Gasteiger partial charge is 0.416 e. The van der Waals surface area contributed by atoms with E-state index in [1.165, 1.54) is 0 Å². The van der Waals surface area contributed by atoms with Gasteiger partial charge >= 0.3 is 24.7 Å². The Bertz CT molecular complexity index is 1670. The lowest BCUT2D eigenvalue weighted by atomic mass is 9.95. The van der Waals surface area contributed by atoms with Gasteiger partial charge in [-0.15, -0.1) is 0 Å². The first kappa shape index (κ1) is 39.6. The Hall–Kier alpha value is -3.58. The SMILES string of the molecule is O=P(O[C@H]1CCCC[C@@H]1OP(=O)(c1ccc(C(F)(F)F)cc1)c1ccc(C(F)(F)F)cc1)(c1ccc(C(F)(F)F)cc1)c1ccc(C(F)(F)F)cc1. The first-order valence-corrected chi connectivity index (χ1v) is 18.5. The van der Waals surface area contributed by atoms with E-state index in [-0.39, 0.29) is 34.1 Å². The van der Waals surface area contributed by atoms with Crippen LogP contribution in [-0.2, 0) is 42.9 Å². The van der Waals surface area contributed by atoms with Gasteiger partial charge in [0.2, 0.25) is 0 Å². The van der Waals surface area contributed by atoms with Gasteiger partial charge in [0.05, 0.1) is 34.5 Å². The van der Waals surface area contributed by atoms with Gasteiger partial charge in [0, 0.05) is 21.2 Å². The van der Waals surface area contributed by atoms with Crippen molar-refractivity contribution < 1.29 is 70.9 Å². The molecule has 0 aliphatic heterocycles. The lowest BCUT2D eigenvalue weighted by Crippen LogP contribution is -2.37. The first-order chi connectivity index (χ1) is 24.0. The van der Waals surface area contributed by atoms with Crippen molar-refractivity contribution in [2.75, 3.05) is 0 Å². The Labute approximate surface area is 288 Å². The quantitative estimate of drug-likeness (QED) is 0.132. The molecule has 0 bridgehead atoms. The molecule has 0 saturated heterocycles. The summed E-state index contributed by atoms with van der Waals surface area (Å²) in [5.41, 5.74) is -4.49. The highest BCUT2D eigenvalue weighted by atomic mass is 31.2. The van der Waals surface area contributed by atoms with Crippen molar-refractivity contribution in [2.45, 2.75) is 62.6 Å². The van der Waals surface area contributed by atoms with Crippen LogP contribution in [0.5, 0.6) is 0 Å². The summed E-state index contributed by atoms with van der Waals surface area (Å²) in [6, 6.07) is 11.6. The molecule has 52 heavy (non-hydrogen) atoms. The minimum atomic E-state index is -4.79. The Kier molecular flexibility index (Phi) is 10.9. The van der Waals surface area contributed by atoms with E-state index in [9.17, 15) is 61.8 Å². The number of rotatable bonds is 8. The van der Waals surface area contributed by atoms with Crippen molar-refractivity contribution in [1.82, 2.24) is 0 Å². The highest BCUT2D eigenvalue weighted by Crippen LogP contribution is 2.53. The minimum Gasteiger partial charge on any atom is -0.316 e. The molecule has 1 saturated carbocycles. The second kappa shape index (κ2) is 14.3. The van der Waals surface area contributed by atoms with E-state index < -0.39 is 73.9 Å². The first-order valence-electron chi connectivity index (χ1n) is 15.3. The van der Waals surface area contributed by atoms with Gasteiger partial charge in [0.15, 0.2) is 0 Å².